The van der Waals surface area contributed by atoms with Gasteiger partial charge < -0.3 is 19.3 Å². The number of carboxylic acids is 1. The third-order valence-electron chi connectivity index (χ3n) is 3.96. The third kappa shape index (κ3) is 2.69. The Kier molecular flexibility index (Phi) is 3.85. The second-order valence-corrected chi connectivity index (χ2v) is 5.51. The molecule has 6 heteroatoms. The number of morpholine rings is 1. The topological polar surface area (TPSA) is 71.8 Å². The van der Waals surface area contributed by atoms with Crippen LogP contribution in [-0.2, 0) is 16.6 Å². The highest BCUT2D eigenvalue weighted by Gasteiger charge is 2.28. The molecule has 0 bridgehead atoms. The lowest BCUT2D eigenvalue weighted by molar-refractivity contribution is -0.141. The van der Waals surface area contributed by atoms with Crippen molar-refractivity contribution in [2.24, 2.45) is 7.05 Å². The van der Waals surface area contributed by atoms with Crippen molar-refractivity contribution in [3.63, 3.8) is 0 Å². The van der Waals surface area contributed by atoms with E-state index in [0.717, 1.165) is 10.9 Å². The first-order chi connectivity index (χ1) is 10.6. The summed E-state index contributed by atoms with van der Waals surface area (Å²) >= 11 is 0. The molecule has 1 aliphatic heterocycles. The standard InChI is InChI=1S/C16H18N2O4/c1-17-10-13(12-4-2-3-5-14(12)17)16(21)18-6-7-22-11(9-18)8-15(19)20/h2-5,10-11H,6-9H2,1H3,(H,19,20). The quantitative estimate of drug-likeness (QED) is 0.932. The van der Waals surface area contributed by atoms with E-state index in [0.29, 0.717) is 25.3 Å². The molecule has 1 aromatic carbocycles. The number of carbonyl (C=O) groups excluding carboxylic acids is 1. The van der Waals surface area contributed by atoms with E-state index < -0.39 is 12.1 Å². The molecule has 0 saturated carbocycles. The number of amides is 1. The number of hydrogen-bond acceptors (Lipinski definition) is 3. The molecule has 1 fully saturated rings. The molecule has 1 amide bonds. The maximum absolute atomic E-state index is 12.8. The van der Waals surface area contributed by atoms with Gasteiger partial charge in [0.05, 0.1) is 24.7 Å². The Bertz CT molecular complexity index is 722. The molecule has 0 radical (unpaired) electrons. The molecule has 1 aliphatic rings. The number of para-hydroxylation sites is 1. The molecular weight excluding hydrogens is 284 g/mol. The fourth-order valence-corrected chi connectivity index (χ4v) is 2.90. The van der Waals surface area contributed by atoms with Gasteiger partial charge in [-0.25, -0.2) is 0 Å². The average molecular weight is 302 g/mol. The minimum Gasteiger partial charge on any atom is -0.481 e. The number of carbonyl (C=O) groups is 2. The number of fused-ring (bicyclic) bond motifs is 1. The lowest BCUT2D eigenvalue weighted by Gasteiger charge is -2.32. The van der Waals surface area contributed by atoms with Crippen LogP contribution < -0.4 is 0 Å². The van der Waals surface area contributed by atoms with Gasteiger partial charge in [-0.05, 0) is 6.07 Å². The molecule has 22 heavy (non-hydrogen) atoms. The number of ether oxygens (including phenoxy) is 1. The minimum absolute atomic E-state index is 0.0736. The van der Waals surface area contributed by atoms with Crippen LogP contribution in [0.15, 0.2) is 30.5 Å². The van der Waals surface area contributed by atoms with Gasteiger partial charge in [0.1, 0.15) is 0 Å². The van der Waals surface area contributed by atoms with Crippen molar-refractivity contribution < 1.29 is 19.4 Å². The molecule has 0 spiro atoms. The zero-order valence-electron chi connectivity index (χ0n) is 12.4. The number of aryl methyl sites for hydroxylation is 1. The predicted molar refractivity (Wildman–Crippen MR) is 80.8 cm³/mol. The Hall–Kier alpha value is -2.34. The molecular formula is C16H18N2O4. The number of benzene rings is 1. The van der Waals surface area contributed by atoms with Gasteiger partial charge in [0.2, 0.25) is 0 Å². The number of rotatable bonds is 3. The summed E-state index contributed by atoms with van der Waals surface area (Å²) in [7, 11) is 1.91. The van der Waals surface area contributed by atoms with Crippen LogP contribution in [-0.4, -0.2) is 52.3 Å². The van der Waals surface area contributed by atoms with Crippen LogP contribution in [0.2, 0.25) is 0 Å². The summed E-state index contributed by atoms with van der Waals surface area (Å²) in [5, 5.41) is 9.78. The highest BCUT2D eigenvalue weighted by molar-refractivity contribution is 6.07. The van der Waals surface area contributed by atoms with E-state index in [4.69, 9.17) is 9.84 Å². The Balaban J connectivity index is 1.85. The van der Waals surface area contributed by atoms with Gasteiger partial charge in [-0.2, -0.15) is 0 Å². The van der Waals surface area contributed by atoms with Gasteiger partial charge in [0.15, 0.2) is 0 Å². The summed E-state index contributed by atoms with van der Waals surface area (Å²) in [6.45, 7) is 1.17. The predicted octanol–water partition coefficient (Wildman–Crippen LogP) is 1.49. The van der Waals surface area contributed by atoms with Crippen molar-refractivity contribution in [1.82, 2.24) is 9.47 Å². The first-order valence-corrected chi connectivity index (χ1v) is 7.23. The number of hydrogen-bond donors (Lipinski definition) is 1. The molecule has 1 saturated heterocycles. The Morgan fingerprint density at radius 3 is 2.91 bits per heavy atom. The zero-order valence-corrected chi connectivity index (χ0v) is 12.4. The smallest absolute Gasteiger partial charge is 0.306 e. The van der Waals surface area contributed by atoms with Gasteiger partial charge in [0.25, 0.3) is 5.91 Å². The van der Waals surface area contributed by atoms with Crippen LogP contribution >= 0.6 is 0 Å². The van der Waals surface area contributed by atoms with Crippen molar-refractivity contribution in [2.75, 3.05) is 19.7 Å². The molecule has 1 atom stereocenters. The van der Waals surface area contributed by atoms with E-state index in [2.05, 4.69) is 0 Å². The summed E-state index contributed by atoms with van der Waals surface area (Å²) in [5.41, 5.74) is 1.65. The lowest BCUT2D eigenvalue weighted by Crippen LogP contribution is -2.46. The average Bonchev–Trinajstić information content (AvgIpc) is 2.84. The normalized spacial score (nSPS) is 18.6. The van der Waals surface area contributed by atoms with E-state index >= 15 is 0 Å². The molecule has 2 aromatic rings. The monoisotopic (exact) mass is 302 g/mol. The number of aliphatic carboxylic acids is 1. The van der Waals surface area contributed by atoms with Crippen LogP contribution in [0.4, 0.5) is 0 Å². The summed E-state index contributed by atoms with van der Waals surface area (Å²) in [6, 6.07) is 7.75. The van der Waals surface area contributed by atoms with Gasteiger partial charge in [-0.15, -0.1) is 0 Å². The van der Waals surface area contributed by atoms with Crippen molar-refractivity contribution in [2.45, 2.75) is 12.5 Å². The van der Waals surface area contributed by atoms with Crippen LogP contribution in [0, 0.1) is 0 Å². The molecule has 0 aliphatic carbocycles. The number of aromatic nitrogens is 1. The Labute approximate surface area is 127 Å². The van der Waals surface area contributed by atoms with Crippen LogP contribution in [0.3, 0.4) is 0 Å². The third-order valence-corrected chi connectivity index (χ3v) is 3.96. The molecule has 1 N–H and O–H groups in total. The first-order valence-electron chi connectivity index (χ1n) is 7.23. The van der Waals surface area contributed by atoms with E-state index in [1.54, 1.807) is 4.90 Å². The fraction of sp³-hybridized carbons (Fsp3) is 0.375. The summed E-state index contributed by atoms with van der Waals surface area (Å²) in [4.78, 5) is 25.3. The number of carboxylic acid groups (broad SMARTS) is 1. The first kappa shape index (κ1) is 14.6. The van der Waals surface area contributed by atoms with Gasteiger partial charge in [0, 0.05) is 37.2 Å². The summed E-state index contributed by atoms with van der Waals surface area (Å²) in [5.74, 6) is -0.986. The molecule has 6 nitrogen and oxygen atoms in total. The largest absolute Gasteiger partial charge is 0.481 e. The van der Waals surface area contributed by atoms with Crippen molar-refractivity contribution >= 4 is 22.8 Å². The van der Waals surface area contributed by atoms with Crippen molar-refractivity contribution in [3.05, 3.63) is 36.0 Å². The van der Waals surface area contributed by atoms with Crippen LogP contribution in [0.1, 0.15) is 16.8 Å². The van der Waals surface area contributed by atoms with Crippen LogP contribution in [0.5, 0.6) is 0 Å². The zero-order chi connectivity index (χ0) is 15.7. The van der Waals surface area contributed by atoms with Crippen molar-refractivity contribution in [1.29, 1.82) is 0 Å². The summed E-state index contributed by atoms with van der Waals surface area (Å²) in [6.07, 6.45) is 1.30. The van der Waals surface area contributed by atoms with Gasteiger partial charge in [-0.1, -0.05) is 18.2 Å². The second kappa shape index (κ2) is 5.81. The molecule has 116 valence electrons. The SMILES string of the molecule is Cn1cc(C(=O)N2CCOC(CC(=O)O)C2)c2ccccc21. The van der Waals surface area contributed by atoms with E-state index in [-0.39, 0.29) is 12.3 Å². The lowest BCUT2D eigenvalue weighted by atomic mass is 10.1. The van der Waals surface area contributed by atoms with Gasteiger partial charge >= 0.3 is 5.97 Å². The second-order valence-electron chi connectivity index (χ2n) is 5.51. The summed E-state index contributed by atoms with van der Waals surface area (Å²) < 4.78 is 7.35. The Morgan fingerprint density at radius 2 is 2.14 bits per heavy atom. The number of nitrogens with zero attached hydrogens (tertiary/aromatic N) is 2. The molecule has 1 aromatic heterocycles. The van der Waals surface area contributed by atoms with Crippen LogP contribution in [0.25, 0.3) is 10.9 Å². The molecule has 2 heterocycles. The van der Waals surface area contributed by atoms with Crippen molar-refractivity contribution in [3.8, 4) is 0 Å². The maximum Gasteiger partial charge on any atom is 0.306 e. The molecule has 1 unspecified atom stereocenters. The van der Waals surface area contributed by atoms with E-state index in [1.165, 1.54) is 0 Å². The van der Waals surface area contributed by atoms with E-state index in [9.17, 15) is 9.59 Å². The van der Waals surface area contributed by atoms with Gasteiger partial charge in [-0.3, -0.25) is 9.59 Å². The fourth-order valence-electron chi connectivity index (χ4n) is 2.90. The highest BCUT2D eigenvalue weighted by atomic mass is 16.5. The highest BCUT2D eigenvalue weighted by Crippen LogP contribution is 2.23. The minimum atomic E-state index is -0.913. The maximum atomic E-state index is 12.8. The Morgan fingerprint density at radius 1 is 1.36 bits per heavy atom. The molecule has 3 rings (SSSR count). The van der Waals surface area contributed by atoms with E-state index in [1.807, 2.05) is 42.1 Å².